The highest BCUT2D eigenvalue weighted by atomic mass is 32.1. The maximum absolute atomic E-state index is 6.85. The van der Waals surface area contributed by atoms with Gasteiger partial charge in [-0.05, 0) is 35.9 Å². The summed E-state index contributed by atoms with van der Waals surface area (Å²) in [5.74, 6) is 1.41. The van der Waals surface area contributed by atoms with Gasteiger partial charge in [0.2, 0.25) is 0 Å². The summed E-state index contributed by atoms with van der Waals surface area (Å²) in [6.45, 7) is 0. The van der Waals surface area contributed by atoms with Crippen molar-refractivity contribution in [3.63, 3.8) is 0 Å². The van der Waals surface area contributed by atoms with Gasteiger partial charge in [0.1, 0.15) is 23.1 Å². The number of thiophene rings is 1. The smallest absolute Gasteiger partial charge is 0.159 e. The fourth-order valence-corrected chi connectivity index (χ4v) is 8.09. The molecule has 1 unspecified atom stereocenters. The molecule has 4 heterocycles. The van der Waals surface area contributed by atoms with Crippen LogP contribution in [0, 0.1) is 0 Å². The van der Waals surface area contributed by atoms with Crippen molar-refractivity contribution in [3.8, 4) is 11.1 Å². The van der Waals surface area contributed by atoms with Gasteiger partial charge in [-0.3, -0.25) is 0 Å². The van der Waals surface area contributed by atoms with E-state index in [-0.39, 0.29) is 6.17 Å². The molecule has 10 rings (SSSR count). The van der Waals surface area contributed by atoms with Crippen LogP contribution in [0.3, 0.4) is 0 Å². The summed E-state index contributed by atoms with van der Waals surface area (Å²) in [5.41, 5.74) is 8.38. The maximum atomic E-state index is 6.85. The topological polar surface area (TPSA) is 62.8 Å². The van der Waals surface area contributed by atoms with Crippen LogP contribution in [0.2, 0.25) is 0 Å². The lowest BCUT2D eigenvalue weighted by atomic mass is 9.97. The minimum absolute atomic E-state index is 0.317. The van der Waals surface area contributed by atoms with Crippen molar-refractivity contribution < 1.29 is 4.42 Å². The number of amidine groups is 2. The van der Waals surface area contributed by atoms with Crippen molar-refractivity contribution in [2.45, 2.75) is 6.17 Å². The average molecular weight is 635 g/mol. The number of rotatable bonds is 4. The summed E-state index contributed by atoms with van der Waals surface area (Å²) < 4.78 is 9.36. The summed E-state index contributed by atoms with van der Waals surface area (Å²) in [6.07, 6.45) is -0.317. The quantitative estimate of drug-likeness (QED) is 0.210. The van der Waals surface area contributed by atoms with Crippen LogP contribution in [0.1, 0.15) is 22.9 Å². The molecule has 5 nitrogen and oxygen atoms in total. The molecule has 0 radical (unpaired) electrons. The molecule has 1 aliphatic rings. The zero-order valence-electron chi connectivity index (χ0n) is 25.6. The third kappa shape index (κ3) is 4.27. The van der Waals surface area contributed by atoms with Gasteiger partial charge >= 0.3 is 0 Å². The Labute approximate surface area is 279 Å². The largest absolute Gasteiger partial charge is 0.454 e. The van der Waals surface area contributed by atoms with Crippen LogP contribution < -0.4 is 5.32 Å². The highest BCUT2D eigenvalue weighted by Gasteiger charge is 2.26. The second-order valence-electron chi connectivity index (χ2n) is 12.0. The number of aromatic nitrogens is 1. The first kappa shape index (κ1) is 27.0. The molecule has 0 spiro atoms. The minimum atomic E-state index is -0.317. The second kappa shape index (κ2) is 10.7. The van der Waals surface area contributed by atoms with E-state index in [2.05, 4.69) is 102 Å². The van der Waals surface area contributed by atoms with E-state index >= 15 is 0 Å². The number of hydrogen-bond acceptors (Lipinski definition) is 6. The van der Waals surface area contributed by atoms with E-state index in [1.165, 1.54) is 20.2 Å². The van der Waals surface area contributed by atoms with Gasteiger partial charge < -0.3 is 9.73 Å². The fraction of sp³-hybridized carbons (Fsp3) is 0.0238. The molecule has 1 aliphatic heterocycles. The summed E-state index contributed by atoms with van der Waals surface area (Å²) in [4.78, 5) is 15.4. The first-order valence-corrected chi connectivity index (χ1v) is 16.8. The van der Waals surface area contributed by atoms with E-state index in [1.54, 1.807) is 0 Å². The molecule has 0 fully saturated rings. The van der Waals surface area contributed by atoms with Gasteiger partial charge in [-0.15, -0.1) is 11.3 Å². The van der Waals surface area contributed by atoms with Crippen LogP contribution in [0.5, 0.6) is 0 Å². The zero-order chi connectivity index (χ0) is 31.6. The van der Waals surface area contributed by atoms with Crippen LogP contribution in [-0.4, -0.2) is 16.7 Å². The van der Waals surface area contributed by atoms with Crippen LogP contribution in [0.15, 0.2) is 160 Å². The Morgan fingerprint density at radius 2 is 1.40 bits per heavy atom. The van der Waals surface area contributed by atoms with Crippen molar-refractivity contribution in [1.82, 2.24) is 10.3 Å². The van der Waals surface area contributed by atoms with E-state index in [4.69, 9.17) is 19.4 Å². The number of nitrogens with zero attached hydrogens (tertiary/aromatic N) is 3. The molecule has 1 atom stereocenters. The molecule has 0 bridgehead atoms. The van der Waals surface area contributed by atoms with Crippen molar-refractivity contribution in [2.24, 2.45) is 9.98 Å². The zero-order valence-corrected chi connectivity index (χ0v) is 26.4. The third-order valence-corrected chi connectivity index (χ3v) is 10.4. The number of para-hydroxylation sites is 1. The molecule has 0 aliphatic carbocycles. The van der Waals surface area contributed by atoms with Gasteiger partial charge in [0.05, 0.1) is 10.9 Å². The third-order valence-electron chi connectivity index (χ3n) is 9.13. The van der Waals surface area contributed by atoms with Crippen molar-refractivity contribution >= 4 is 76.2 Å². The normalized spacial score (nSPS) is 14.9. The Morgan fingerprint density at radius 1 is 0.646 bits per heavy atom. The van der Waals surface area contributed by atoms with Crippen molar-refractivity contribution in [1.29, 1.82) is 0 Å². The van der Waals surface area contributed by atoms with Gasteiger partial charge in [-0.2, -0.15) is 0 Å². The standard InChI is InChI=1S/C42H26N4OS/c1-3-12-25(13-4-1)40-44-41(26-14-5-2-6-15-26)46-42(45-40)32-23-22-29(31-19-11-18-30-28-17-8-10-21-35(28)48-39(30)31)38-36(32)37-34(47-38)24-27-16-7-9-20-33(27)43-37/h1-24,40H,(H,44,45,46). The van der Waals surface area contributed by atoms with E-state index in [0.29, 0.717) is 5.84 Å². The predicted octanol–water partition coefficient (Wildman–Crippen LogP) is 10.7. The molecule has 9 aromatic rings. The number of nitrogens with one attached hydrogen (secondary N) is 1. The molecule has 0 saturated carbocycles. The first-order chi connectivity index (χ1) is 23.8. The Morgan fingerprint density at radius 3 is 2.29 bits per heavy atom. The second-order valence-corrected chi connectivity index (χ2v) is 13.1. The lowest BCUT2D eigenvalue weighted by molar-refractivity contribution is 0.668. The molecule has 6 aromatic carbocycles. The average Bonchev–Trinajstić information content (AvgIpc) is 3.73. The summed E-state index contributed by atoms with van der Waals surface area (Å²) in [6, 6.07) is 50.3. The lowest BCUT2D eigenvalue weighted by Crippen LogP contribution is -2.33. The SMILES string of the molecule is c1ccc(C2=NC(c3ccccc3)NC(c3ccc(-c4cccc5c4sc4ccccc45)c4oc5cc6ccccc6nc5c34)=N2)cc1. The highest BCUT2D eigenvalue weighted by Crippen LogP contribution is 2.44. The van der Waals surface area contributed by atoms with Gasteiger partial charge in [0, 0.05) is 47.8 Å². The van der Waals surface area contributed by atoms with Gasteiger partial charge in [0.25, 0.3) is 0 Å². The van der Waals surface area contributed by atoms with Gasteiger partial charge in [-0.25, -0.2) is 15.0 Å². The molecule has 226 valence electrons. The predicted molar refractivity (Wildman–Crippen MR) is 199 cm³/mol. The number of hydrogen-bond donors (Lipinski definition) is 1. The molecule has 0 amide bonds. The number of aliphatic imine (C=N–C) groups is 2. The number of fused-ring (bicyclic) bond motifs is 7. The molecular weight excluding hydrogens is 609 g/mol. The molecule has 48 heavy (non-hydrogen) atoms. The van der Waals surface area contributed by atoms with Crippen LogP contribution in [-0.2, 0) is 0 Å². The summed E-state index contributed by atoms with van der Waals surface area (Å²) in [7, 11) is 0. The minimum Gasteiger partial charge on any atom is -0.454 e. The maximum Gasteiger partial charge on any atom is 0.159 e. The number of furan rings is 1. The fourth-order valence-electron chi connectivity index (χ4n) is 6.86. The van der Waals surface area contributed by atoms with E-state index in [1.807, 2.05) is 59.9 Å². The Kier molecular flexibility index (Phi) is 6.04. The molecular formula is C42H26N4OS. The van der Waals surface area contributed by atoms with Crippen LogP contribution in [0.25, 0.3) is 64.3 Å². The summed E-state index contributed by atoms with van der Waals surface area (Å²) >= 11 is 1.82. The lowest BCUT2D eigenvalue weighted by Gasteiger charge is -2.24. The Bertz CT molecular complexity index is 2760. The van der Waals surface area contributed by atoms with Crippen molar-refractivity contribution in [2.75, 3.05) is 0 Å². The van der Waals surface area contributed by atoms with Crippen LogP contribution >= 0.6 is 11.3 Å². The van der Waals surface area contributed by atoms with Crippen LogP contribution in [0.4, 0.5) is 0 Å². The molecule has 0 saturated heterocycles. The Hall–Kier alpha value is -6.11. The molecule has 6 heteroatoms. The van der Waals surface area contributed by atoms with E-state index < -0.39 is 0 Å². The summed E-state index contributed by atoms with van der Waals surface area (Å²) in [5, 5.41) is 8.15. The molecule has 3 aromatic heterocycles. The van der Waals surface area contributed by atoms with Gasteiger partial charge in [0.15, 0.2) is 11.4 Å². The molecule has 1 N–H and O–H groups in total. The number of pyridine rings is 1. The monoisotopic (exact) mass is 634 g/mol. The van der Waals surface area contributed by atoms with E-state index in [9.17, 15) is 0 Å². The van der Waals surface area contributed by atoms with Gasteiger partial charge in [-0.1, -0.05) is 115 Å². The van der Waals surface area contributed by atoms with Crippen molar-refractivity contribution in [3.05, 3.63) is 162 Å². The first-order valence-electron chi connectivity index (χ1n) is 16.0. The Balaban J connectivity index is 1.26. The highest BCUT2D eigenvalue weighted by molar-refractivity contribution is 7.26. The number of benzene rings is 6. The van der Waals surface area contributed by atoms with E-state index in [0.717, 1.165) is 66.6 Å².